The lowest BCUT2D eigenvalue weighted by Gasteiger charge is -2.24. The Bertz CT molecular complexity index is 1820. The van der Waals surface area contributed by atoms with Gasteiger partial charge in [-0.25, -0.2) is 19.7 Å². The van der Waals surface area contributed by atoms with Gasteiger partial charge in [0.05, 0.1) is 22.3 Å². The summed E-state index contributed by atoms with van der Waals surface area (Å²) in [6.07, 6.45) is 6.72. The molecular weight excluding hydrogens is 575 g/mol. The molecule has 1 aliphatic rings. The third kappa shape index (κ3) is 5.53. The Hall–Kier alpha value is -3.91. The van der Waals surface area contributed by atoms with Crippen molar-refractivity contribution in [3.8, 4) is 11.1 Å². The number of aromatic carboxylic acids is 1. The molecule has 204 valence electrons. The molecule has 2 aromatic heterocycles. The zero-order chi connectivity index (χ0) is 28.5. The van der Waals surface area contributed by atoms with Crippen molar-refractivity contribution in [2.24, 2.45) is 0 Å². The molecule has 2 heterocycles. The molecule has 0 spiro atoms. The highest BCUT2D eigenvalue weighted by atomic mass is 35.5. The quantitative estimate of drug-likeness (QED) is 0.149. The number of carboxylic acid groups (broad SMARTS) is 1. The van der Waals surface area contributed by atoms with Crippen LogP contribution in [0.3, 0.4) is 0 Å². The average molecular weight is 600 g/mol. The number of hydrogen-bond donors (Lipinski definition) is 2. The second-order valence-corrected chi connectivity index (χ2v) is 11.3. The van der Waals surface area contributed by atoms with E-state index in [0.717, 1.165) is 58.2 Å². The standard InChI is InChI=1S/C32H24Cl2N4O2S/c1-41-32-37-29(35-25-8-3-2-6-23(25)31(39)40)27-26(19-11-15-22(34)16-12-19)24-7-4-5-20(28(24)36-30(27)38-32)17-18-9-13-21(33)14-10-18/h2-3,6,8-17H,4-5,7H2,1H3,(H,39,40)(H,35,36,37,38)/b20-17+. The summed E-state index contributed by atoms with van der Waals surface area (Å²) < 4.78 is 0. The molecule has 9 heteroatoms. The van der Waals surface area contributed by atoms with E-state index in [1.807, 2.05) is 54.8 Å². The Balaban J connectivity index is 1.65. The van der Waals surface area contributed by atoms with Crippen molar-refractivity contribution in [1.29, 1.82) is 0 Å². The van der Waals surface area contributed by atoms with Gasteiger partial charge in [0.1, 0.15) is 5.82 Å². The number of nitrogens with one attached hydrogen (secondary N) is 1. The van der Waals surface area contributed by atoms with E-state index in [-0.39, 0.29) is 5.56 Å². The summed E-state index contributed by atoms with van der Waals surface area (Å²) in [5, 5.41) is 15.7. The van der Waals surface area contributed by atoms with Crippen molar-refractivity contribution in [3.63, 3.8) is 0 Å². The van der Waals surface area contributed by atoms with Gasteiger partial charge in [0.15, 0.2) is 10.8 Å². The number of halogens is 2. The number of aromatic nitrogens is 3. The lowest BCUT2D eigenvalue weighted by Crippen LogP contribution is -2.11. The number of anilines is 2. The minimum atomic E-state index is -1.03. The Morgan fingerprint density at radius 1 is 0.927 bits per heavy atom. The first-order valence-electron chi connectivity index (χ1n) is 13.0. The molecular formula is C32H24Cl2N4O2S. The van der Waals surface area contributed by atoms with Crippen molar-refractivity contribution < 1.29 is 9.90 Å². The molecule has 0 aliphatic heterocycles. The fourth-order valence-electron chi connectivity index (χ4n) is 5.19. The largest absolute Gasteiger partial charge is 0.478 e. The summed E-state index contributed by atoms with van der Waals surface area (Å²) in [5.74, 6) is -0.524. The van der Waals surface area contributed by atoms with Crippen LogP contribution >= 0.6 is 35.0 Å². The molecule has 6 rings (SSSR count). The van der Waals surface area contributed by atoms with Gasteiger partial charge in [-0.1, -0.05) is 71.4 Å². The molecule has 1 aliphatic carbocycles. The SMILES string of the molecule is CSc1nc(Nc2ccccc2C(=O)O)c2c(-c3ccc(Cl)cc3)c3c(nc2n1)/C(=C/c1ccc(Cl)cc1)CCC3. The lowest BCUT2D eigenvalue weighted by molar-refractivity contribution is 0.0698. The van der Waals surface area contributed by atoms with Gasteiger partial charge in [0.2, 0.25) is 0 Å². The topological polar surface area (TPSA) is 88.0 Å². The Kier molecular flexibility index (Phi) is 7.67. The highest BCUT2D eigenvalue weighted by Gasteiger charge is 2.26. The molecule has 2 N–H and O–H groups in total. The monoisotopic (exact) mass is 598 g/mol. The molecule has 41 heavy (non-hydrogen) atoms. The van der Waals surface area contributed by atoms with Gasteiger partial charge in [0.25, 0.3) is 0 Å². The zero-order valence-electron chi connectivity index (χ0n) is 22.0. The normalized spacial score (nSPS) is 13.8. The molecule has 5 aromatic rings. The van der Waals surface area contributed by atoms with Crippen LogP contribution in [0.1, 0.15) is 40.0 Å². The molecule has 0 bridgehead atoms. The predicted molar refractivity (Wildman–Crippen MR) is 169 cm³/mol. The highest BCUT2D eigenvalue weighted by Crippen LogP contribution is 2.43. The van der Waals surface area contributed by atoms with Crippen LogP contribution in [-0.2, 0) is 6.42 Å². The maximum absolute atomic E-state index is 12.0. The maximum atomic E-state index is 12.0. The van der Waals surface area contributed by atoms with Crippen molar-refractivity contribution in [1.82, 2.24) is 15.0 Å². The van der Waals surface area contributed by atoms with E-state index in [1.165, 1.54) is 11.8 Å². The number of allylic oxidation sites excluding steroid dienone is 1. The van der Waals surface area contributed by atoms with Crippen molar-refractivity contribution in [2.45, 2.75) is 24.4 Å². The molecule has 0 unspecified atom stereocenters. The third-order valence-electron chi connectivity index (χ3n) is 7.04. The lowest BCUT2D eigenvalue weighted by atomic mass is 9.84. The fraction of sp³-hybridized carbons (Fsp3) is 0.125. The number of benzene rings is 3. The van der Waals surface area contributed by atoms with Gasteiger partial charge < -0.3 is 10.4 Å². The number of fused-ring (bicyclic) bond motifs is 2. The number of rotatable bonds is 6. The van der Waals surface area contributed by atoms with Crippen molar-refractivity contribution in [3.05, 3.63) is 105 Å². The second-order valence-electron chi connectivity index (χ2n) is 9.63. The highest BCUT2D eigenvalue weighted by molar-refractivity contribution is 7.98. The molecule has 0 atom stereocenters. The molecule has 3 aromatic carbocycles. The van der Waals surface area contributed by atoms with Crippen LogP contribution in [0, 0.1) is 0 Å². The Morgan fingerprint density at radius 2 is 1.63 bits per heavy atom. The molecule has 0 radical (unpaired) electrons. The van der Waals surface area contributed by atoms with E-state index in [1.54, 1.807) is 24.3 Å². The molecule has 0 fully saturated rings. The van der Waals surface area contributed by atoms with Gasteiger partial charge in [-0.15, -0.1) is 0 Å². The van der Waals surface area contributed by atoms with E-state index < -0.39 is 5.97 Å². The third-order valence-corrected chi connectivity index (χ3v) is 8.09. The van der Waals surface area contributed by atoms with Crippen molar-refractivity contribution >= 4 is 75.1 Å². The van der Waals surface area contributed by atoms with Crippen LogP contribution in [0.5, 0.6) is 0 Å². The van der Waals surface area contributed by atoms with E-state index in [9.17, 15) is 9.90 Å². The molecule has 0 amide bonds. The van der Waals surface area contributed by atoms with E-state index in [4.69, 9.17) is 38.2 Å². The van der Waals surface area contributed by atoms with Crippen LogP contribution in [0.25, 0.3) is 33.8 Å². The Labute approximate surface area is 251 Å². The van der Waals surface area contributed by atoms with Crippen LogP contribution in [0.2, 0.25) is 10.0 Å². The number of para-hydroxylation sites is 1. The maximum Gasteiger partial charge on any atom is 0.337 e. The first-order chi connectivity index (χ1) is 19.9. The number of hydrogen-bond acceptors (Lipinski definition) is 6. The van der Waals surface area contributed by atoms with Gasteiger partial charge >= 0.3 is 5.97 Å². The van der Waals surface area contributed by atoms with E-state index in [0.29, 0.717) is 32.4 Å². The summed E-state index contributed by atoms with van der Waals surface area (Å²) in [7, 11) is 0. The second kappa shape index (κ2) is 11.5. The minimum absolute atomic E-state index is 0.150. The van der Waals surface area contributed by atoms with Gasteiger partial charge in [-0.2, -0.15) is 0 Å². The number of thioether (sulfide) groups is 1. The minimum Gasteiger partial charge on any atom is -0.478 e. The van der Waals surface area contributed by atoms with Crippen LogP contribution in [0.15, 0.2) is 78.0 Å². The van der Waals surface area contributed by atoms with Crippen molar-refractivity contribution in [2.75, 3.05) is 11.6 Å². The van der Waals surface area contributed by atoms with Crippen LogP contribution in [0.4, 0.5) is 11.5 Å². The molecule has 0 saturated heterocycles. The number of nitrogens with zero attached hydrogens (tertiary/aromatic N) is 3. The smallest absolute Gasteiger partial charge is 0.337 e. The summed E-state index contributed by atoms with van der Waals surface area (Å²) in [6.45, 7) is 0. The van der Waals surface area contributed by atoms with E-state index >= 15 is 0 Å². The van der Waals surface area contributed by atoms with Gasteiger partial charge in [-0.3, -0.25) is 0 Å². The summed E-state index contributed by atoms with van der Waals surface area (Å²) >= 11 is 13.8. The summed E-state index contributed by atoms with van der Waals surface area (Å²) in [6, 6.07) is 22.3. The number of carboxylic acids is 1. The van der Waals surface area contributed by atoms with Gasteiger partial charge in [0, 0.05) is 15.6 Å². The van der Waals surface area contributed by atoms with Gasteiger partial charge in [-0.05, 0) is 90.3 Å². The summed E-state index contributed by atoms with van der Waals surface area (Å²) in [5.41, 5.74) is 7.23. The Morgan fingerprint density at radius 3 is 2.34 bits per heavy atom. The predicted octanol–water partition coefficient (Wildman–Crippen LogP) is 9.04. The summed E-state index contributed by atoms with van der Waals surface area (Å²) in [4.78, 5) is 26.8. The fourth-order valence-corrected chi connectivity index (χ4v) is 5.80. The number of pyridine rings is 1. The average Bonchev–Trinajstić information content (AvgIpc) is 2.98. The first-order valence-corrected chi connectivity index (χ1v) is 15.0. The first kappa shape index (κ1) is 27.3. The molecule has 6 nitrogen and oxygen atoms in total. The number of carbonyl (C=O) groups is 1. The molecule has 0 saturated carbocycles. The zero-order valence-corrected chi connectivity index (χ0v) is 24.3. The van der Waals surface area contributed by atoms with E-state index in [2.05, 4.69) is 11.4 Å². The van der Waals surface area contributed by atoms with Crippen LogP contribution < -0.4 is 5.32 Å². The van der Waals surface area contributed by atoms with Crippen LogP contribution in [-0.4, -0.2) is 32.3 Å².